The van der Waals surface area contributed by atoms with E-state index in [9.17, 15) is 0 Å². The van der Waals surface area contributed by atoms with E-state index >= 15 is 0 Å². The number of para-hydroxylation sites is 2. The Bertz CT molecular complexity index is 3530. The maximum atomic E-state index is 2.70. The third kappa shape index (κ3) is 17.7. The van der Waals surface area contributed by atoms with Crippen LogP contribution in [0.4, 0.5) is 0 Å². The van der Waals surface area contributed by atoms with Gasteiger partial charge in [0, 0.05) is 113 Å². The van der Waals surface area contributed by atoms with Crippen LogP contribution in [-0.4, -0.2) is 18.3 Å². The molecule has 0 aliphatic rings. The summed E-state index contributed by atoms with van der Waals surface area (Å²) in [5.41, 5.74) is 13.7. The number of aryl methyl sites for hydroxylation is 4. The van der Waals surface area contributed by atoms with Crippen molar-refractivity contribution < 1.29 is 0 Å². The molecule has 4 nitrogen and oxygen atoms in total. The standard InChI is InChI=1S/C86H120N4/c1-5-9-13-17-21-25-29-33-37-45-59-87-79-51-43-41-49-71(79)75-65-85-77(67-83(75)87)73-63-69(55-57-81(73)89(85)61-47-39-35-31-27-23-19-15-11-7-3)53-54-70-56-58-82-74(64-70)78-68-84-76(66-86(78)90(82)62-48-40-36-32-28-24-20-16-12-8-4)72-50-42-44-52-80(72)88(84)60-46-38-34-30-26-22-18-14-10-6-2/h41-44,49-58,63-68H,5-40,45-48,59-62H2,1-4H3/b54-53+. The third-order valence-electron chi connectivity index (χ3n) is 21.0. The minimum absolute atomic E-state index is 1.06. The first-order valence-electron chi connectivity index (χ1n) is 38.2. The Kier molecular flexibility index (Phi) is 27.2. The molecule has 0 bridgehead atoms. The lowest BCUT2D eigenvalue weighted by atomic mass is 10.0. The number of aromatic nitrogens is 4. The van der Waals surface area contributed by atoms with Gasteiger partial charge in [-0.05, 0) is 97.5 Å². The Labute approximate surface area is 545 Å². The van der Waals surface area contributed by atoms with Gasteiger partial charge in [0.2, 0.25) is 0 Å². The predicted molar refractivity (Wildman–Crippen MR) is 401 cm³/mol. The van der Waals surface area contributed by atoms with Crippen LogP contribution < -0.4 is 0 Å². The number of hydrogen-bond acceptors (Lipinski definition) is 0. The summed E-state index contributed by atoms with van der Waals surface area (Å²) in [5, 5.41) is 11.2. The van der Waals surface area contributed by atoms with Crippen molar-refractivity contribution in [1.29, 1.82) is 0 Å². The van der Waals surface area contributed by atoms with E-state index in [1.54, 1.807) is 0 Å². The molecule has 484 valence electrons. The second kappa shape index (κ2) is 36.5. The fraction of sp³-hybridized carbons (Fsp3) is 0.558. The first-order chi connectivity index (χ1) is 44.6. The zero-order valence-corrected chi connectivity index (χ0v) is 57.4. The van der Waals surface area contributed by atoms with Gasteiger partial charge in [-0.15, -0.1) is 0 Å². The first kappa shape index (κ1) is 67.2. The summed E-state index contributed by atoms with van der Waals surface area (Å²) in [5.74, 6) is 0. The normalized spacial score (nSPS) is 12.4. The van der Waals surface area contributed by atoms with Crippen molar-refractivity contribution in [1.82, 2.24) is 18.3 Å². The Hall–Kier alpha value is -5.74. The number of unbranched alkanes of at least 4 members (excludes halogenated alkanes) is 36. The quantitative estimate of drug-likeness (QED) is 0.0268. The molecule has 0 radical (unpaired) electrons. The molecule has 6 aromatic carbocycles. The van der Waals surface area contributed by atoms with Gasteiger partial charge in [-0.2, -0.15) is 0 Å². The van der Waals surface area contributed by atoms with Crippen molar-refractivity contribution in [3.8, 4) is 0 Å². The fourth-order valence-electron chi connectivity index (χ4n) is 15.7. The largest absolute Gasteiger partial charge is 0.340 e. The van der Waals surface area contributed by atoms with Gasteiger partial charge in [0.1, 0.15) is 0 Å². The van der Waals surface area contributed by atoms with E-state index in [0.29, 0.717) is 0 Å². The third-order valence-corrected chi connectivity index (χ3v) is 21.0. The van der Waals surface area contributed by atoms with Crippen molar-refractivity contribution in [3.63, 3.8) is 0 Å². The van der Waals surface area contributed by atoms with Gasteiger partial charge >= 0.3 is 0 Å². The molecule has 0 aliphatic heterocycles. The van der Waals surface area contributed by atoms with E-state index in [2.05, 4.69) is 167 Å². The second-order valence-corrected chi connectivity index (χ2v) is 28.0. The molecular weight excluding hydrogens is 1090 g/mol. The molecule has 0 fully saturated rings. The molecule has 4 heteroatoms. The molecular formula is C86H120N4. The van der Waals surface area contributed by atoms with Gasteiger partial charge in [-0.1, -0.05) is 320 Å². The highest BCUT2D eigenvalue weighted by molar-refractivity contribution is 6.19. The average molecular weight is 1210 g/mol. The van der Waals surface area contributed by atoms with Gasteiger partial charge in [0.05, 0.1) is 0 Å². The van der Waals surface area contributed by atoms with Gasteiger partial charge < -0.3 is 18.3 Å². The summed E-state index contributed by atoms with van der Waals surface area (Å²) in [6.45, 7) is 13.6. The lowest BCUT2D eigenvalue weighted by Crippen LogP contribution is -1.99. The minimum Gasteiger partial charge on any atom is -0.340 e. The fourth-order valence-corrected chi connectivity index (χ4v) is 15.7. The SMILES string of the molecule is CCCCCCCCCCCCn1c2ccccc2c2cc3c(cc21)c1cc(/C=C/c2ccc4c(c2)c2cc5c(cc2n4CCCCCCCCCCCC)c2ccccc2n5CCCCCCCCCCCC)ccc1n3CCCCCCCCCCCC. The molecule has 0 aliphatic carbocycles. The zero-order chi connectivity index (χ0) is 62.0. The molecule has 0 N–H and O–H groups in total. The molecule has 10 rings (SSSR count). The van der Waals surface area contributed by atoms with Crippen LogP contribution in [0.15, 0.2) is 109 Å². The van der Waals surface area contributed by atoms with Gasteiger partial charge in [0.15, 0.2) is 0 Å². The van der Waals surface area contributed by atoms with Crippen molar-refractivity contribution in [2.45, 2.75) is 311 Å². The highest BCUT2D eigenvalue weighted by atomic mass is 15.0. The van der Waals surface area contributed by atoms with E-state index in [1.165, 1.54) is 355 Å². The summed E-state index contributed by atoms with van der Waals surface area (Å²) in [6, 6.07) is 43.6. The first-order valence-corrected chi connectivity index (χ1v) is 38.2. The minimum atomic E-state index is 1.06. The van der Waals surface area contributed by atoms with Crippen LogP contribution >= 0.6 is 0 Å². The molecule has 0 spiro atoms. The Morgan fingerprint density at radius 1 is 0.200 bits per heavy atom. The van der Waals surface area contributed by atoms with Gasteiger partial charge in [-0.25, -0.2) is 0 Å². The number of benzene rings is 6. The van der Waals surface area contributed by atoms with Crippen LogP contribution in [0.5, 0.6) is 0 Å². The summed E-state index contributed by atoms with van der Waals surface area (Å²) in [4.78, 5) is 0. The van der Waals surface area contributed by atoms with Crippen LogP contribution in [0, 0.1) is 0 Å². The molecule has 0 amide bonds. The zero-order valence-electron chi connectivity index (χ0n) is 57.4. The molecule has 0 saturated heterocycles. The lowest BCUT2D eigenvalue weighted by molar-refractivity contribution is 0.541. The monoisotopic (exact) mass is 1210 g/mol. The van der Waals surface area contributed by atoms with Gasteiger partial charge in [0.25, 0.3) is 0 Å². The summed E-state index contributed by atoms with van der Waals surface area (Å²) < 4.78 is 10.8. The molecule has 90 heavy (non-hydrogen) atoms. The van der Waals surface area contributed by atoms with Crippen molar-refractivity contribution >= 4 is 99.4 Å². The highest BCUT2D eigenvalue weighted by Crippen LogP contribution is 2.41. The van der Waals surface area contributed by atoms with Crippen molar-refractivity contribution in [2.75, 3.05) is 0 Å². The number of rotatable bonds is 46. The van der Waals surface area contributed by atoms with E-state index in [4.69, 9.17) is 0 Å². The van der Waals surface area contributed by atoms with Crippen molar-refractivity contribution in [2.24, 2.45) is 0 Å². The summed E-state index contributed by atoms with van der Waals surface area (Å²) in [7, 11) is 0. The average Bonchev–Trinajstić information content (AvgIpc) is 1.59. The topological polar surface area (TPSA) is 19.7 Å². The molecule has 0 atom stereocenters. The predicted octanol–water partition coefficient (Wildman–Crippen LogP) is 28.0. The van der Waals surface area contributed by atoms with Gasteiger partial charge in [-0.3, -0.25) is 0 Å². The maximum Gasteiger partial charge on any atom is 0.0499 e. The van der Waals surface area contributed by atoms with E-state index in [-0.39, 0.29) is 0 Å². The van der Waals surface area contributed by atoms with E-state index < -0.39 is 0 Å². The van der Waals surface area contributed by atoms with E-state index in [0.717, 1.165) is 26.2 Å². The summed E-state index contributed by atoms with van der Waals surface area (Å²) >= 11 is 0. The Morgan fingerprint density at radius 3 is 0.678 bits per heavy atom. The lowest BCUT2D eigenvalue weighted by Gasteiger charge is -2.09. The van der Waals surface area contributed by atoms with Crippen molar-refractivity contribution in [3.05, 3.63) is 120 Å². The molecule has 4 heterocycles. The van der Waals surface area contributed by atoms with E-state index in [1.807, 2.05) is 0 Å². The molecule has 10 aromatic rings. The Morgan fingerprint density at radius 2 is 0.411 bits per heavy atom. The van der Waals surface area contributed by atoms with Crippen LogP contribution in [0.25, 0.3) is 99.4 Å². The summed E-state index contributed by atoms with van der Waals surface area (Å²) in [6.07, 6.45) is 59.2. The molecule has 4 aromatic heterocycles. The smallest absolute Gasteiger partial charge is 0.0499 e. The van der Waals surface area contributed by atoms with Crippen LogP contribution in [0.2, 0.25) is 0 Å². The number of nitrogens with zero attached hydrogens (tertiary/aromatic N) is 4. The highest BCUT2D eigenvalue weighted by Gasteiger charge is 2.20. The van der Waals surface area contributed by atoms with Crippen LogP contribution in [-0.2, 0) is 26.2 Å². The Balaban J connectivity index is 0.940. The second-order valence-electron chi connectivity index (χ2n) is 28.0. The number of fused-ring (bicyclic) bond motifs is 12. The van der Waals surface area contributed by atoms with Crippen LogP contribution in [0.3, 0.4) is 0 Å². The molecule has 0 unspecified atom stereocenters. The molecule has 0 saturated carbocycles. The number of hydrogen-bond donors (Lipinski definition) is 0. The maximum absolute atomic E-state index is 2.70. The van der Waals surface area contributed by atoms with Crippen LogP contribution in [0.1, 0.15) is 296 Å².